The number of rotatable bonds is 1. The molecule has 3 fully saturated rings. The maximum absolute atomic E-state index is 12.3. The summed E-state index contributed by atoms with van der Waals surface area (Å²) in [7, 11) is 0. The number of amides is 1. The van der Waals surface area contributed by atoms with E-state index in [1.165, 1.54) is 25.7 Å². The zero-order valence-corrected chi connectivity index (χ0v) is 9.24. The minimum Gasteiger partial charge on any atom is -0.339 e. The fourth-order valence-electron chi connectivity index (χ4n) is 3.49. The lowest BCUT2D eigenvalue weighted by Crippen LogP contribution is -2.46. The molecule has 84 valence electrons. The van der Waals surface area contributed by atoms with Crippen LogP contribution in [0.25, 0.3) is 0 Å². The predicted molar refractivity (Wildman–Crippen MR) is 58.4 cm³/mol. The molecule has 2 saturated heterocycles. The van der Waals surface area contributed by atoms with Gasteiger partial charge in [-0.25, -0.2) is 0 Å². The third-order valence-corrected chi connectivity index (χ3v) is 4.34. The predicted octanol–water partition coefficient (Wildman–Crippen LogP) is 0.997. The Labute approximate surface area is 91.2 Å². The number of nitrogens with zero attached hydrogens (tertiary/aromatic N) is 1. The Morgan fingerprint density at radius 2 is 2.20 bits per heavy atom. The van der Waals surface area contributed by atoms with Crippen molar-refractivity contribution in [2.45, 2.75) is 38.1 Å². The van der Waals surface area contributed by atoms with Crippen molar-refractivity contribution in [3.8, 4) is 0 Å². The number of carbonyl (C=O) groups is 1. The van der Waals surface area contributed by atoms with Crippen LogP contribution in [0.15, 0.2) is 0 Å². The Bertz CT molecular complexity index is 260. The van der Waals surface area contributed by atoms with E-state index in [-0.39, 0.29) is 5.92 Å². The third kappa shape index (κ3) is 1.67. The first-order valence-electron chi connectivity index (χ1n) is 6.36. The highest BCUT2D eigenvalue weighted by molar-refractivity contribution is 5.80. The fraction of sp³-hybridized carbons (Fsp3) is 0.917. The first-order chi connectivity index (χ1) is 7.34. The van der Waals surface area contributed by atoms with Gasteiger partial charge in [0.15, 0.2) is 0 Å². The standard InChI is InChI=1S/C12H20N2O/c15-12(10-2-1-5-13-7-10)14-8-9-3-4-11(14)6-9/h9-11,13H,1-8H2/t9?,10-,11?/m1/s1. The van der Waals surface area contributed by atoms with Crippen LogP contribution in [0.3, 0.4) is 0 Å². The second kappa shape index (κ2) is 3.78. The molecule has 0 aromatic carbocycles. The molecule has 3 rings (SSSR count). The van der Waals surface area contributed by atoms with Gasteiger partial charge in [-0.2, -0.15) is 0 Å². The first-order valence-corrected chi connectivity index (χ1v) is 6.36. The minimum absolute atomic E-state index is 0.276. The summed E-state index contributed by atoms with van der Waals surface area (Å²) in [5.74, 6) is 1.54. The van der Waals surface area contributed by atoms with Crippen LogP contribution < -0.4 is 5.32 Å². The molecular weight excluding hydrogens is 188 g/mol. The van der Waals surface area contributed by atoms with Gasteiger partial charge in [0.2, 0.25) is 5.91 Å². The normalized spacial score (nSPS) is 39.7. The number of carbonyl (C=O) groups excluding carboxylic acids is 1. The molecular formula is C12H20N2O. The molecule has 1 aliphatic carbocycles. The molecule has 0 spiro atoms. The van der Waals surface area contributed by atoms with Gasteiger partial charge in [-0.05, 0) is 44.6 Å². The van der Waals surface area contributed by atoms with E-state index in [4.69, 9.17) is 0 Å². The molecule has 3 nitrogen and oxygen atoms in total. The summed E-state index contributed by atoms with van der Waals surface area (Å²) in [6, 6.07) is 0.601. The van der Waals surface area contributed by atoms with Gasteiger partial charge in [0.05, 0.1) is 5.92 Å². The van der Waals surface area contributed by atoms with Crippen molar-refractivity contribution in [1.82, 2.24) is 10.2 Å². The summed E-state index contributed by atoms with van der Waals surface area (Å²) < 4.78 is 0. The summed E-state index contributed by atoms with van der Waals surface area (Å²) in [5, 5.41) is 3.34. The summed E-state index contributed by atoms with van der Waals surface area (Å²) >= 11 is 0. The number of hydrogen-bond acceptors (Lipinski definition) is 2. The lowest BCUT2D eigenvalue weighted by Gasteiger charge is -2.32. The van der Waals surface area contributed by atoms with Crippen LogP contribution in [-0.2, 0) is 4.79 Å². The van der Waals surface area contributed by atoms with Crippen molar-refractivity contribution in [2.24, 2.45) is 11.8 Å². The second-order valence-electron chi connectivity index (χ2n) is 5.37. The van der Waals surface area contributed by atoms with E-state index >= 15 is 0 Å². The molecule has 0 radical (unpaired) electrons. The topological polar surface area (TPSA) is 32.3 Å². The molecule has 0 aromatic heterocycles. The van der Waals surface area contributed by atoms with E-state index in [1.807, 2.05) is 0 Å². The third-order valence-electron chi connectivity index (χ3n) is 4.34. The number of nitrogens with one attached hydrogen (secondary N) is 1. The first kappa shape index (κ1) is 9.64. The number of piperidine rings is 2. The molecule has 15 heavy (non-hydrogen) atoms. The molecule has 1 amide bonds. The molecule has 2 aliphatic heterocycles. The smallest absolute Gasteiger partial charge is 0.227 e. The van der Waals surface area contributed by atoms with Gasteiger partial charge in [-0.15, -0.1) is 0 Å². The average molecular weight is 208 g/mol. The van der Waals surface area contributed by atoms with Crippen molar-refractivity contribution in [2.75, 3.05) is 19.6 Å². The zero-order chi connectivity index (χ0) is 10.3. The Morgan fingerprint density at radius 1 is 1.27 bits per heavy atom. The van der Waals surface area contributed by atoms with Gasteiger partial charge in [0.25, 0.3) is 0 Å². The molecule has 2 heterocycles. The highest BCUT2D eigenvalue weighted by Crippen LogP contribution is 2.38. The van der Waals surface area contributed by atoms with Crippen molar-refractivity contribution in [1.29, 1.82) is 0 Å². The largest absolute Gasteiger partial charge is 0.339 e. The monoisotopic (exact) mass is 208 g/mol. The molecule has 3 aliphatic rings. The summed E-state index contributed by atoms with van der Waals surface area (Å²) in [4.78, 5) is 14.5. The van der Waals surface area contributed by atoms with Gasteiger partial charge in [-0.3, -0.25) is 4.79 Å². The maximum Gasteiger partial charge on any atom is 0.227 e. The van der Waals surface area contributed by atoms with E-state index in [2.05, 4.69) is 10.2 Å². The van der Waals surface area contributed by atoms with Gasteiger partial charge in [0.1, 0.15) is 0 Å². The zero-order valence-electron chi connectivity index (χ0n) is 9.24. The minimum atomic E-state index is 0.276. The van der Waals surface area contributed by atoms with Crippen molar-refractivity contribution >= 4 is 5.91 Å². The second-order valence-corrected chi connectivity index (χ2v) is 5.37. The van der Waals surface area contributed by atoms with E-state index in [0.717, 1.165) is 32.0 Å². The molecule has 3 atom stereocenters. The van der Waals surface area contributed by atoms with Gasteiger partial charge >= 0.3 is 0 Å². The van der Waals surface area contributed by atoms with Gasteiger partial charge < -0.3 is 10.2 Å². The molecule has 2 bridgehead atoms. The van der Waals surface area contributed by atoms with Crippen molar-refractivity contribution in [3.63, 3.8) is 0 Å². The van der Waals surface area contributed by atoms with Crippen LogP contribution in [0.4, 0.5) is 0 Å². The number of likely N-dealkylation sites (tertiary alicyclic amines) is 1. The van der Waals surface area contributed by atoms with Crippen molar-refractivity contribution in [3.05, 3.63) is 0 Å². The molecule has 1 N–H and O–H groups in total. The van der Waals surface area contributed by atoms with E-state index < -0.39 is 0 Å². The lowest BCUT2D eigenvalue weighted by atomic mass is 9.97. The van der Waals surface area contributed by atoms with Crippen LogP contribution >= 0.6 is 0 Å². The molecule has 1 saturated carbocycles. The van der Waals surface area contributed by atoms with Crippen LogP contribution in [0.5, 0.6) is 0 Å². The Kier molecular flexibility index (Phi) is 2.43. The summed E-state index contributed by atoms with van der Waals surface area (Å²) in [6.07, 6.45) is 6.16. The lowest BCUT2D eigenvalue weighted by molar-refractivity contribution is -0.137. The highest BCUT2D eigenvalue weighted by atomic mass is 16.2. The number of hydrogen-bond donors (Lipinski definition) is 1. The van der Waals surface area contributed by atoms with E-state index in [1.54, 1.807) is 0 Å². The van der Waals surface area contributed by atoms with Crippen molar-refractivity contribution < 1.29 is 4.79 Å². The SMILES string of the molecule is O=C([C@@H]1CCCNC1)N1CC2CCC1C2. The summed E-state index contributed by atoms with van der Waals surface area (Å²) in [6.45, 7) is 3.06. The van der Waals surface area contributed by atoms with Gasteiger partial charge in [-0.1, -0.05) is 0 Å². The Morgan fingerprint density at radius 3 is 2.80 bits per heavy atom. The quantitative estimate of drug-likeness (QED) is 0.697. The van der Waals surface area contributed by atoms with Gasteiger partial charge in [0, 0.05) is 19.1 Å². The van der Waals surface area contributed by atoms with E-state index in [9.17, 15) is 4.79 Å². The highest BCUT2D eigenvalue weighted by Gasteiger charge is 2.41. The fourth-order valence-corrected chi connectivity index (χ4v) is 3.49. The Hall–Kier alpha value is -0.570. The number of fused-ring (bicyclic) bond motifs is 2. The average Bonchev–Trinajstić information content (AvgIpc) is 2.91. The maximum atomic E-state index is 12.3. The van der Waals surface area contributed by atoms with E-state index in [0.29, 0.717) is 11.9 Å². The molecule has 2 unspecified atom stereocenters. The molecule has 3 heteroatoms. The van der Waals surface area contributed by atoms with Crippen LogP contribution in [0.1, 0.15) is 32.1 Å². The van der Waals surface area contributed by atoms with Crippen LogP contribution in [0.2, 0.25) is 0 Å². The molecule has 0 aromatic rings. The Balaban J connectivity index is 1.64. The van der Waals surface area contributed by atoms with Crippen LogP contribution in [-0.4, -0.2) is 36.5 Å². The van der Waals surface area contributed by atoms with Crippen LogP contribution in [0, 0.1) is 11.8 Å². The summed E-state index contributed by atoms with van der Waals surface area (Å²) in [5.41, 5.74) is 0.